The van der Waals surface area contributed by atoms with E-state index < -0.39 is 5.82 Å². The Bertz CT molecular complexity index is 764. The topological polar surface area (TPSA) is 62.0 Å². The summed E-state index contributed by atoms with van der Waals surface area (Å²) >= 11 is 0. The smallest absolute Gasteiger partial charge is 0.225 e. The molecule has 146 valence electrons. The molecule has 2 N–H and O–H groups in total. The highest BCUT2D eigenvalue weighted by Gasteiger charge is 2.39. The zero-order valence-corrected chi connectivity index (χ0v) is 15.9. The molecular formula is C20H27FN4O2. The van der Waals surface area contributed by atoms with Gasteiger partial charge >= 0.3 is 0 Å². The van der Waals surface area contributed by atoms with E-state index in [0.717, 1.165) is 37.6 Å². The fraction of sp³-hybridized carbons (Fsp3) is 0.450. The van der Waals surface area contributed by atoms with E-state index in [1.807, 2.05) is 6.08 Å². The van der Waals surface area contributed by atoms with Gasteiger partial charge in [-0.1, -0.05) is 19.6 Å². The fourth-order valence-corrected chi connectivity index (χ4v) is 3.62. The first kappa shape index (κ1) is 19.2. The Morgan fingerprint density at radius 1 is 1.41 bits per heavy atom. The zero-order chi connectivity index (χ0) is 19.6. The van der Waals surface area contributed by atoms with Crippen LogP contribution in [0.5, 0.6) is 0 Å². The van der Waals surface area contributed by atoms with Crippen molar-refractivity contribution in [1.29, 1.82) is 0 Å². The number of hydrogen-bond acceptors (Lipinski definition) is 5. The van der Waals surface area contributed by atoms with Crippen molar-refractivity contribution in [2.75, 3.05) is 38.5 Å². The summed E-state index contributed by atoms with van der Waals surface area (Å²) < 4.78 is 19.0. The number of anilines is 1. The summed E-state index contributed by atoms with van der Waals surface area (Å²) in [6, 6.07) is 4.79. The molecule has 2 aliphatic rings. The summed E-state index contributed by atoms with van der Waals surface area (Å²) in [5.74, 6) is 0.863. The first-order valence-corrected chi connectivity index (χ1v) is 9.23. The van der Waals surface area contributed by atoms with Crippen LogP contribution in [0.1, 0.15) is 19.4 Å². The Morgan fingerprint density at radius 2 is 2.19 bits per heavy atom. The van der Waals surface area contributed by atoms with Crippen LogP contribution >= 0.6 is 0 Å². The Kier molecular flexibility index (Phi) is 5.70. The number of nitrogens with two attached hydrogens (primary N) is 1. The molecule has 7 heteroatoms. The number of fused-ring (bicyclic) bond motifs is 1. The van der Waals surface area contributed by atoms with Gasteiger partial charge in [-0.25, -0.2) is 4.39 Å². The third-order valence-corrected chi connectivity index (χ3v) is 5.13. The van der Waals surface area contributed by atoms with Gasteiger partial charge in [0.2, 0.25) is 5.91 Å². The lowest BCUT2D eigenvalue weighted by Crippen LogP contribution is -2.50. The fourth-order valence-electron chi connectivity index (χ4n) is 3.62. The molecule has 6 nitrogen and oxygen atoms in total. The van der Waals surface area contributed by atoms with Gasteiger partial charge in [-0.2, -0.15) is 0 Å². The zero-order valence-electron chi connectivity index (χ0n) is 15.9. The standard InChI is InChI=1S/C20H27FN4O2/c1-4-23-7-8-24-17(11-23)12-25(15(3)26)20(24)9-14(2)27-13-16-5-6-18(21)19(22)10-16/h5-6,9-10,17H,2,4,7-8,11-13,22H2,1,3H3/b20-9-. The third kappa shape index (κ3) is 4.24. The second-order valence-electron chi connectivity index (χ2n) is 6.98. The SMILES string of the molecule is C=C(/C=C1\N(C(C)=O)CC2CN(CC)CCN12)OCc1ccc(F)c(N)c1. The van der Waals surface area contributed by atoms with E-state index in [9.17, 15) is 9.18 Å². The van der Waals surface area contributed by atoms with Crippen molar-refractivity contribution in [3.8, 4) is 0 Å². The van der Waals surface area contributed by atoms with Crippen LogP contribution in [0.3, 0.4) is 0 Å². The van der Waals surface area contributed by atoms with Crippen molar-refractivity contribution in [2.45, 2.75) is 26.5 Å². The second-order valence-corrected chi connectivity index (χ2v) is 6.98. The summed E-state index contributed by atoms with van der Waals surface area (Å²) in [4.78, 5) is 18.5. The summed E-state index contributed by atoms with van der Waals surface area (Å²) in [6.45, 7) is 12.4. The molecule has 27 heavy (non-hydrogen) atoms. The highest BCUT2D eigenvalue weighted by molar-refractivity contribution is 5.76. The van der Waals surface area contributed by atoms with Gasteiger partial charge in [-0.15, -0.1) is 0 Å². The van der Waals surface area contributed by atoms with Crippen LogP contribution in [-0.4, -0.2) is 59.4 Å². The maximum atomic E-state index is 13.3. The molecule has 1 unspecified atom stereocenters. The number of nitrogens with zero attached hydrogens (tertiary/aromatic N) is 3. The van der Waals surface area contributed by atoms with Crippen LogP contribution in [0, 0.1) is 5.82 Å². The van der Waals surface area contributed by atoms with Crippen LogP contribution in [-0.2, 0) is 16.1 Å². The molecule has 2 fully saturated rings. The number of amides is 1. The van der Waals surface area contributed by atoms with Gasteiger partial charge in [0.15, 0.2) is 0 Å². The number of nitrogen functional groups attached to an aromatic ring is 1. The molecule has 1 aromatic rings. The monoisotopic (exact) mass is 374 g/mol. The lowest BCUT2D eigenvalue weighted by Gasteiger charge is -2.37. The van der Waals surface area contributed by atoms with Gasteiger partial charge in [-0.05, 0) is 24.2 Å². The van der Waals surface area contributed by atoms with Crippen LogP contribution in [0.15, 0.2) is 42.4 Å². The Labute approximate surface area is 159 Å². The number of halogens is 1. The minimum absolute atomic E-state index is 0.0119. The number of benzene rings is 1. The van der Waals surface area contributed by atoms with E-state index in [0.29, 0.717) is 18.3 Å². The first-order chi connectivity index (χ1) is 12.9. The molecule has 1 aromatic carbocycles. The average molecular weight is 374 g/mol. The van der Waals surface area contributed by atoms with Crippen LogP contribution in [0.2, 0.25) is 0 Å². The van der Waals surface area contributed by atoms with Gasteiger partial charge in [0.1, 0.15) is 24.0 Å². The number of allylic oxidation sites excluding steroid dienone is 1. The number of rotatable bonds is 5. The highest BCUT2D eigenvalue weighted by atomic mass is 19.1. The minimum Gasteiger partial charge on any atom is -0.489 e. The predicted octanol–water partition coefficient (Wildman–Crippen LogP) is 2.15. The molecule has 2 saturated heterocycles. The Hall–Kier alpha value is -2.54. The van der Waals surface area contributed by atoms with E-state index in [4.69, 9.17) is 10.5 Å². The molecule has 0 bridgehead atoms. The van der Waals surface area contributed by atoms with E-state index in [2.05, 4.69) is 23.3 Å². The summed E-state index contributed by atoms with van der Waals surface area (Å²) in [5.41, 5.74) is 6.44. The van der Waals surface area contributed by atoms with E-state index >= 15 is 0 Å². The number of hydrogen-bond donors (Lipinski definition) is 1. The maximum Gasteiger partial charge on any atom is 0.225 e. The molecule has 2 aliphatic heterocycles. The van der Waals surface area contributed by atoms with E-state index in [-0.39, 0.29) is 18.2 Å². The van der Waals surface area contributed by atoms with Crippen molar-refractivity contribution in [2.24, 2.45) is 0 Å². The molecule has 0 aromatic heterocycles. The molecule has 3 rings (SSSR count). The lowest BCUT2D eigenvalue weighted by molar-refractivity contribution is -0.126. The van der Waals surface area contributed by atoms with Crippen LogP contribution in [0.25, 0.3) is 0 Å². The molecule has 1 atom stereocenters. The average Bonchev–Trinajstić information content (AvgIpc) is 3.00. The second kappa shape index (κ2) is 8.00. The quantitative estimate of drug-likeness (QED) is 0.632. The first-order valence-electron chi connectivity index (χ1n) is 9.23. The molecule has 1 amide bonds. The number of piperazine rings is 1. The summed E-state index contributed by atoms with van der Waals surface area (Å²) in [5, 5.41) is 0. The van der Waals surface area contributed by atoms with Gasteiger partial charge in [0.25, 0.3) is 0 Å². The van der Waals surface area contributed by atoms with Gasteiger partial charge in [0.05, 0.1) is 11.7 Å². The summed E-state index contributed by atoms with van der Waals surface area (Å²) in [6.07, 6.45) is 1.82. The van der Waals surface area contributed by atoms with E-state index in [1.165, 1.54) is 6.07 Å². The largest absolute Gasteiger partial charge is 0.489 e. The predicted molar refractivity (Wildman–Crippen MR) is 103 cm³/mol. The van der Waals surface area contributed by atoms with Crippen molar-refractivity contribution in [3.05, 3.63) is 53.8 Å². The highest BCUT2D eigenvalue weighted by Crippen LogP contribution is 2.28. The normalized spacial score (nSPS) is 21.4. The number of carbonyl (C=O) groups excluding carboxylic acids is 1. The molecular weight excluding hydrogens is 347 g/mol. The molecule has 0 saturated carbocycles. The van der Waals surface area contributed by atoms with Crippen molar-refractivity contribution in [3.63, 3.8) is 0 Å². The maximum absolute atomic E-state index is 13.3. The molecule has 0 spiro atoms. The lowest BCUT2D eigenvalue weighted by atomic mass is 10.2. The number of carbonyl (C=O) groups is 1. The number of likely N-dealkylation sites (N-methyl/N-ethyl adjacent to an activating group) is 1. The van der Waals surface area contributed by atoms with Crippen molar-refractivity contribution >= 4 is 11.6 Å². The van der Waals surface area contributed by atoms with Crippen molar-refractivity contribution in [1.82, 2.24) is 14.7 Å². The van der Waals surface area contributed by atoms with E-state index in [1.54, 1.807) is 24.0 Å². The van der Waals surface area contributed by atoms with Crippen molar-refractivity contribution < 1.29 is 13.9 Å². The van der Waals surface area contributed by atoms with Gasteiger partial charge in [-0.3, -0.25) is 14.6 Å². The minimum atomic E-state index is -0.444. The number of ether oxygens (including phenoxy) is 1. The Morgan fingerprint density at radius 3 is 2.85 bits per heavy atom. The van der Waals surface area contributed by atoms with Gasteiger partial charge < -0.3 is 15.4 Å². The third-order valence-electron chi connectivity index (χ3n) is 5.13. The molecule has 0 aliphatic carbocycles. The van der Waals surface area contributed by atoms with Crippen LogP contribution in [0.4, 0.5) is 10.1 Å². The molecule has 2 heterocycles. The summed E-state index contributed by atoms with van der Waals surface area (Å²) in [7, 11) is 0. The van der Waals surface area contributed by atoms with Gasteiger partial charge in [0, 0.05) is 39.2 Å². The Balaban J connectivity index is 1.69. The molecule has 0 radical (unpaired) electrons. The van der Waals surface area contributed by atoms with Crippen LogP contribution < -0.4 is 5.73 Å².